The van der Waals surface area contributed by atoms with Gasteiger partial charge in [-0.05, 0) is 18.4 Å². The Balaban J connectivity index is 2.44. The van der Waals surface area contributed by atoms with Crippen molar-refractivity contribution in [3.63, 3.8) is 0 Å². The van der Waals surface area contributed by atoms with Gasteiger partial charge in [-0.3, -0.25) is 0 Å². The zero-order valence-electron chi connectivity index (χ0n) is 8.98. The second-order valence-electron chi connectivity index (χ2n) is 3.29. The van der Waals surface area contributed by atoms with Crippen LogP contribution in [0.5, 0.6) is 0 Å². The molecule has 2 rings (SSSR count). The monoisotopic (exact) mass is 254 g/mol. The van der Waals surface area contributed by atoms with E-state index in [9.17, 15) is 0 Å². The first-order valence-corrected chi connectivity index (χ1v) is 6.07. The van der Waals surface area contributed by atoms with Crippen molar-refractivity contribution in [1.82, 2.24) is 9.97 Å². The molecule has 0 fully saturated rings. The molecular formula is C11H11ClN2OS. The van der Waals surface area contributed by atoms with Crippen LogP contribution in [0.15, 0.2) is 23.6 Å². The van der Waals surface area contributed by atoms with Gasteiger partial charge in [0, 0.05) is 13.2 Å². The maximum Gasteiger partial charge on any atom is 0.159 e. The Bertz CT molecular complexity index is 473. The molecule has 0 aliphatic carbocycles. The van der Waals surface area contributed by atoms with Gasteiger partial charge in [-0.1, -0.05) is 17.7 Å². The van der Waals surface area contributed by atoms with Gasteiger partial charge in [0.05, 0.1) is 10.6 Å². The molecule has 0 amide bonds. The van der Waals surface area contributed by atoms with Crippen molar-refractivity contribution < 1.29 is 4.74 Å². The van der Waals surface area contributed by atoms with Crippen molar-refractivity contribution >= 4 is 22.9 Å². The number of nitrogens with zero attached hydrogens (tertiary/aromatic N) is 2. The van der Waals surface area contributed by atoms with Crippen LogP contribution in [0, 0.1) is 0 Å². The van der Waals surface area contributed by atoms with Crippen LogP contribution in [0.2, 0.25) is 5.15 Å². The first-order chi connectivity index (χ1) is 7.70. The van der Waals surface area contributed by atoms with Gasteiger partial charge in [-0.2, -0.15) is 0 Å². The smallest absolute Gasteiger partial charge is 0.159 e. The first kappa shape index (κ1) is 11.5. The van der Waals surface area contributed by atoms with Crippen molar-refractivity contribution in [1.29, 1.82) is 0 Å². The predicted octanol–water partition coefficient (Wildman–Crippen LogP) is 3.57. The molecule has 2 aromatic rings. The van der Waals surface area contributed by atoms with Gasteiger partial charge in [0.15, 0.2) is 5.82 Å². The van der Waals surface area contributed by atoms with Crippen molar-refractivity contribution in [3.05, 3.63) is 34.6 Å². The molecule has 5 heteroatoms. The fourth-order valence-electron chi connectivity index (χ4n) is 1.27. The standard InChI is InChI=1S/C11H11ClN2OS/c1-7(15-2)11-13-8(6-10(12)14-11)9-4-3-5-16-9/h3-7H,1-2H3. The number of thiophene rings is 1. The average molecular weight is 255 g/mol. The van der Waals surface area contributed by atoms with E-state index in [0.717, 1.165) is 10.6 Å². The molecule has 84 valence electrons. The van der Waals surface area contributed by atoms with Crippen LogP contribution in [0.4, 0.5) is 0 Å². The number of ether oxygens (including phenoxy) is 1. The molecule has 3 nitrogen and oxygen atoms in total. The van der Waals surface area contributed by atoms with E-state index in [4.69, 9.17) is 16.3 Å². The second kappa shape index (κ2) is 4.91. The Morgan fingerprint density at radius 1 is 1.44 bits per heavy atom. The normalized spacial score (nSPS) is 12.7. The molecule has 0 saturated heterocycles. The Kier molecular flexibility index (Phi) is 3.53. The first-order valence-electron chi connectivity index (χ1n) is 4.82. The molecule has 0 aliphatic rings. The summed E-state index contributed by atoms with van der Waals surface area (Å²) in [6, 6.07) is 5.75. The van der Waals surface area contributed by atoms with Gasteiger partial charge in [-0.15, -0.1) is 11.3 Å². The highest BCUT2D eigenvalue weighted by Gasteiger charge is 2.11. The molecular weight excluding hydrogens is 244 g/mol. The Morgan fingerprint density at radius 3 is 2.88 bits per heavy atom. The molecule has 0 N–H and O–H groups in total. The molecule has 0 saturated carbocycles. The molecule has 0 spiro atoms. The number of aromatic nitrogens is 2. The van der Waals surface area contributed by atoms with Crippen LogP contribution in [0.1, 0.15) is 18.9 Å². The molecule has 1 atom stereocenters. The minimum atomic E-state index is -0.155. The van der Waals surface area contributed by atoms with Crippen LogP contribution in [0.3, 0.4) is 0 Å². The summed E-state index contributed by atoms with van der Waals surface area (Å²) < 4.78 is 5.18. The number of hydrogen-bond acceptors (Lipinski definition) is 4. The molecule has 1 unspecified atom stereocenters. The number of halogens is 1. The van der Waals surface area contributed by atoms with E-state index >= 15 is 0 Å². The Morgan fingerprint density at radius 2 is 2.25 bits per heavy atom. The highest BCUT2D eigenvalue weighted by atomic mass is 35.5. The third kappa shape index (κ3) is 2.40. The second-order valence-corrected chi connectivity index (χ2v) is 4.62. The van der Waals surface area contributed by atoms with Gasteiger partial charge < -0.3 is 4.74 Å². The number of hydrogen-bond donors (Lipinski definition) is 0. The highest BCUT2D eigenvalue weighted by Crippen LogP contribution is 2.26. The average Bonchev–Trinajstić information content (AvgIpc) is 2.80. The summed E-state index contributed by atoms with van der Waals surface area (Å²) in [5.74, 6) is 0.610. The highest BCUT2D eigenvalue weighted by molar-refractivity contribution is 7.13. The van der Waals surface area contributed by atoms with Crippen LogP contribution in [0.25, 0.3) is 10.6 Å². The molecule has 0 aliphatic heterocycles. The SMILES string of the molecule is COC(C)c1nc(Cl)cc(-c2cccs2)n1. The van der Waals surface area contributed by atoms with Gasteiger partial charge in [0.1, 0.15) is 11.3 Å². The van der Waals surface area contributed by atoms with Crippen LogP contribution in [-0.2, 0) is 4.74 Å². The summed E-state index contributed by atoms with van der Waals surface area (Å²) in [6.45, 7) is 1.89. The molecule has 0 radical (unpaired) electrons. The van der Waals surface area contributed by atoms with E-state index in [-0.39, 0.29) is 6.10 Å². The maximum absolute atomic E-state index is 5.97. The zero-order valence-corrected chi connectivity index (χ0v) is 10.5. The van der Waals surface area contributed by atoms with E-state index < -0.39 is 0 Å². The Labute approximate surface area is 103 Å². The predicted molar refractivity (Wildman–Crippen MR) is 65.8 cm³/mol. The topological polar surface area (TPSA) is 35.0 Å². The minimum absolute atomic E-state index is 0.155. The fourth-order valence-corrected chi connectivity index (χ4v) is 2.15. The fraction of sp³-hybridized carbons (Fsp3) is 0.273. The summed E-state index contributed by atoms with van der Waals surface area (Å²) in [5, 5.41) is 2.45. The van der Waals surface area contributed by atoms with Gasteiger partial charge >= 0.3 is 0 Å². The molecule has 2 aromatic heterocycles. The van der Waals surface area contributed by atoms with Crippen LogP contribution in [-0.4, -0.2) is 17.1 Å². The van der Waals surface area contributed by atoms with Crippen LogP contribution >= 0.6 is 22.9 Å². The minimum Gasteiger partial charge on any atom is -0.374 e. The van der Waals surface area contributed by atoms with Crippen molar-refractivity contribution in [2.24, 2.45) is 0 Å². The van der Waals surface area contributed by atoms with E-state index in [0.29, 0.717) is 11.0 Å². The largest absolute Gasteiger partial charge is 0.374 e. The van der Waals surface area contributed by atoms with E-state index in [2.05, 4.69) is 9.97 Å². The van der Waals surface area contributed by atoms with Crippen LogP contribution < -0.4 is 0 Å². The lowest BCUT2D eigenvalue weighted by Gasteiger charge is -2.09. The number of methoxy groups -OCH3 is 1. The summed E-state index contributed by atoms with van der Waals surface area (Å²) in [6.07, 6.45) is -0.155. The maximum atomic E-state index is 5.97. The molecule has 0 bridgehead atoms. The zero-order chi connectivity index (χ0) is 11.5. The quantitative estimate of drug-likeness (QED) is 0.786. The lowest BCUT2D eigenvalue weighted by molar-refractivity contribution is 0.112. The third-order valence-electron chi connectivity index (χ3n) is 2.20. The van der Waals surface area contributed by atoms with Crippen molar-refractivity contribution in [2.45, 2.75) is 13.0 Å². The van der Waals surface area contributed by atoms with Gasteiger partial charge in [-0.25, -0.2) is 9.97 Å². The summed E-state index contributed by atoms with van der Waals surface area (Å²) >= 11 is 7.59. The molecule has 2 heterocycles. The number of rotatable bonds is 3. The summed E-state index contributed by atoms with van der Waals surface area (Å²) in [7, 11) is 1.62. The lowest BCUT2D eigenvalue weighted by atomic mass is 10.3. The summed E-state index contributed by atoms with van der Waals surface area (Å²) in [4.78, 5) is 9.66. The van der Waals surface area contributed by atoms with Gasteiger partial charge in [0.2, 0.25) is 0 Å². The van der Waals surface area contributed by atoms with E-state index in [1.807, 2.05) is 24.4 Å². The molecule has 16 heavy (non-hydrogen) atoms. The molecule has 0 aromatic carbocycles. The van der Waals surface area contributed by atoms with Crippen molar-refractivity contribution in [3.8, 4) is 10.6 Å². The van der Waals surface area contributed by atoms with Gasteiger partial charge in [0.25, 0.3) is 0 Å². The third-order valence-corrected chi connectivity index (χ3v) is 3.29. The van der Waals surface area contributed by atoms with E-state index in [1.165, 1.54) is 0 Å². The van der Waals surface area contributed by atoms with E-state index in [1.54, 1.807) is 24.5 Å². The lowest BCUT2D eigenvalue weighted by Crippen LogP contribution is -2.03. The Hall–Kier alpha value is -0.970. The summed E-state index contributed by atoms with van der Waals surface area (Å²) in [5.41, 5.74) is 0.842. The van der Waals surface area contributed by atoms with Crippen molar-refractivity contribution in [2.75, 3.05) is 7.11 Å².